The standard InChI is InChI=1S/C10H7NS/c1-2-4-9-7(3-1)8-5-6-12-10(8)11-9/h1-3,5-6H,4H2. The van der Waals surface area contributed by atoms with E-state index < -0.39 is 0 Å². The van der Waals surface area contributed by atoms with Crippen LogP contribution in [-0.4, -0.2) is 5.71 Å². The number of rotatable bonds is 0. The number of allylic oxidation sites excluding steroid dienone is 4. The van der Waals surface area contributed by atoms with Crippen LogP contribution in [0.4, 0.5) is 5.00 Å². The number of nitrogens with zero attached hydrogens (tertiary/aromatic N) is 1. The Kier molecular flexibility index (Phi) is 1.15. The van der Waals surface area contributed by atoms with Gasteiger partial charge in [0, 0.05) is 17.6 Å². The van der Waals surface area contributed by atoms with E-state index in [0.717, 1.165) is 6.42 Å². The van der Waals surface area contributed by atoms with Crippen LogP contribution < -0.4 is 0 Å². The third-order valence-electron chi connectivity index (χ3n) is 2.19. The average molecular weight is 173 g/mol. The van der Waals surface area contributed by atoms with Crippen LogP contribution in [0.25, 0.3) is 5.57 Å². The molecule has 0 aromatic carbocycles. The fourth-order valence-electron chi connectivity index (χ4n) is 1.62. The number of hydrogen-bond donors (Lipinski definition) is 0. The highest BCUT2D eigenvalue weighted by Gasteiger charge is 2.21. The zero-order chi connectivity index (χ0) is 7.97. The van der Waals surface area contributed by atoms with Crippen LogP contribution in [0, 0.1) is 0 Å². The molecular formula is C10H7NS. The molecule has 1 aromatic rings. The van der Waals surface area contributed by atoms with Gasteiger partial charge in [0.15, 0.2) is 0 Å². The number of fused-ring (bicyclic) bond motifs is 3. The largest absolute Gasteiger partial charge is 0.241 e. The first-order valence-electron chi connectivity index (χ1n) is 3.98. The van der Waals surface area contributed by atoms with E-state index >= 15 is 0 Å². The highest BCUT2D eigenvalue weighted by atomic mass is 32.1. The van der Waals surface area contributed by atoms with Gasteiger partial charge in [-0.15, -0.1) is 11.3 Å². The van der Waals surface area contributed by atoms with Gasteiger partial charge in [0.1, 0.15) is 5.00 Å². The predicted octanol–water partition coefficient (Wildman–Crippen LogP) is 3.18. The summed E-state index contributed by atoms with van der Waals surface area (Å²) in [5.74, 6) is 0. The fourth-order valence-corrected chi connectivity index (χ4v) is 2.42. The van der Waals surface area contributed by atoms with E-state index in [9.17, 15) is 0 Å². The molecule has 1 aromatic heterocycles. The van der Waals surface area contributed by atoms with Crippen molar-refractivity contribution in [2.24, 2.45) is 4.99 Å². The van der Waals surface area contributed by atoms with E-state index in [1.807, 2.05) is 0 Å². The maximum Gasteiger partial charge on any atom is 0.124 e. The van der Waals surface area contributed by atoms with Crippen molar-refractivity contribution in [3.63, 3.8) is 0 Å². The highest BCUT2D eigenvalue weighted by molar-refractivity contribution is 7.14. The van der Waals surface area contributed by atoms with Gasteiger partial charge >= 0.3 is 0 Å². The van der Waals surface area contributed by atoms with E-state index in [2.05, 4.69) is 34.7 Å². The summed E-state index contributed by atoms with van der Waals surface area (Å²) in [5, 5.41) is 3.28. The lowest BCUT2D eigenvalue weighted by molar-refractivity contribution is 1.45. The van der Waals surface area contributed by atoms with Crippen LogP contribution in [-0.2, 0) is 0 Å². The monoisotopic (exact) mass is 173 g/mol. The van der Waals surface area contributed by atoms with Crippen molar-refractivity contribution in [1.29, 1.82) is 0 Å². The van der Waals surface area contributed by atoms with Gasteiger partial charge in [-0.05, 0) is 11.4 Å². The Labute approximate surface area is 74.8 Å². The molecule has 12 heavy (non-hydrogen) atoms. The maximum atomic E-state index is 4.55. The Morgan fingerprint density at radius 1 is 1.42 bits per heavy atom. The summed E-state index contributed by atoms with van der Waals surface area (Å²) in [7, 11) is 0. The van der Waals surface area contributed by atoms with Crippen molar-refractivity contribution in [3.8, 4) is 0 Å². The van der Waals surface area contributed by atoms with Crippen molar-refractivity contribution >= 4 is 27.6 Å². The first kappa shape index (κ1) is 6.38. The molecule has 1 nitrogen and oxygen atoms in total. The van der Waals surface area contributed by atoms with Crippen LogP contribution in [0.1, 0.15) is 12.0 Å². The Morgan fingerprint density at radius 3 is 3.42 bits per heavy atom. The molecule has 2 heteroatoms. The van der Waals surface area contributed by atoms with Gasteiger partial charge in [-0.2, -0.15) is 0 Å². The summed E-state index contributed by atoms with van der Waals surface area (Å²) in [6, 6.07) is 2.15. The van der Waals surface area contributed by atoms with Crippen LogP contribution in [0.3, 0.4) is 0 Å². The van der Waals surface area contributed by atoms with Gasteiger partial charge in [-0.1, -0.05) is 18.2 Å². The first-order valence-corrected chi connectivity index (χ1v) is 4.86. The molecule has 0 unspecified atom stereocenters. The van der Waals surface area contributed by atoms with E-state index in [1.54, 1.807) is 11.3 Å². The summed E-state index contributed by atoms with van der Waals surface area (Å²) in [6.07, 6.45) is 7.41. The van der Waals surface area contributed by atoms with Crippen molar-refractivity contribution in [3.05, 3.63) is 35.2 Å². The molecule has 0 atom stereocenters. The molecule has 58 valence electrons. The van der Waals surface area contributed by atoms with Gasteiger partial charge in [0.25, 0.3) is 0 Å². The van der Waals surface area contributed by atoms with Crippen molar-refractivity contribution in [2.45, 2.75) is 6.42 Å². The lowest BCUT2D eigenvalue weighted by Crippen LogP contribution is -1.97. The highest BCUT2D eigenvalue weighted by Crippen LogP contribution is 2.40. The average Bonchev–Trinajstić information content (AvgIpc) is 2.62. The molecule has 0 radical (unpaired) electrons. The molecule has 0 bridgehead atoms. The second kappa shape index (κ2) is 2.17. The van der Waals surface area contributed by atoms with Gasteiger partial charge in [-0.25, -0.2) is 4.99 Å². The van der Waals surface area contributed by atoms with Gasteiger partial charge < -0.3 is 0 Å². The maximum absolute atomic E-state index is 4.55. The van der Waals surface area contributed by atoms with Crippen molar-refractivity contribution < 1.29 is 0 Å². The molecule has 0 saturated carbocycles. The molecule has 2 aliphatic rings. The Morgan fingerprint density at radius 2 is 2.42 bits per heavy atom. The smallest absolute Gasteiger partial charge is 0.124 e. The summed E-state index contributed by atoms with van der Waals surface area (Å²) in [5.41, 5.74) is 3.88. The van der Waals surface area contributed by atoms with Crippen LogP contribution in [0.15, 0.2) is 34.7 Å². The molecular weight excluding hydrogens is 166 g/mol. The third-order valence-corrected chi connectivity index (χ3v) is 3.00. The Hall–Kier alpha value is -1.15. The summed E-state index contributed by atoms with van der Waals surface area (Å²) >= 11 is 1.72. The van der Waals surface area contributed by atoms with Gasteiger partial charge in [0.05, 0.1) is 5.71 Å². The van der Waals surface area contributed by atoms with Crippen molar-refractivity contribution in [2.75, 3.05) is 0 Å². The minimum atomic E-state index is 0.993. The molecule has 3 rings (SSSR count). The quantitative estimate of drug-likeness (QED) is 0.571. The minimum absolute atomic E-state index is 0.993. The van der Waals surface area contributed by atoms with Gasteiger partial charge in [0.2, 0.25) is 0 Å². The molecule has 0 amide bonds. The number of hydrogen-bond acceptors (Lipinski definition) is 2. The lowest BCUT2D eigenvalue weighted by atomic mass is 10.00. The molecule has 0 fully saturated rings. The topological polar surface area (TPSA) is 12.4 Å². The van der Waals surface area contributed by atoms with Crippen molar-refractivity contribution in [1.82, 2.24) is 0 Å². The zero-order valence-corrected chi connectivity index (χ0v) is 7.27. The Balaban J connectivity index is 2.28. The molecule has 1 aliphatic carbocycles. The van der Waals surface area contributed by atoms with Crippen LogP contribution >= 0.6 is 11.3 Å². The summed E-state index contributed by atoms with van der Waals surface area (Å²) in [4.78, 5) is 4.55. The van der Waals surface area contributed by atoms with E-state index in [4.69, 9.17) is 0 Å². The SMILES string of the molecule is C1=CCC2=Nc3sccc3C2=C1. The second-order valence-electron chi connectivity index (χ2n) is 2.91. The van der Waals surface area contributed by atoms with Crippen LogP contribution in [0.2, 0.25) is 0 Å². The number of thiophene rings is 1. The lowest BCUT2D eigenvalue weighted by Gasteiger charge is -2.03. The van der Waals surface area contributed by atoms with Gasteiger partial charge in [-0.3, -0.25) is 0 Å². The molecule has 0 spiro atoms. The summed E-state index contributed by atoms with van der Waals surface area (Å²) < 4.78 is 0. The second-order valence-corrected chi connectivity index (χ2v) is 3.81. The van der Waals surface area contributed by atoms with E-state index in [-0.39, 0.29) is 0 Å². The fraction of sp³-hybridized carbons (Fsp3) is 0.100. The zero-order valence-electron chi connectivity index (χ0n) is 6.45. The Bertz CT molecular complexity index is 421. The molecule has 1 aliphatic heterocycles. The van der Waals surface area contributed by atoms with E-state index in [1.165, 1.54) is 21.8 Å². The summed E-state index contributed by atoms with van der Waals surface area (Å²) in [6.45, 7) is 0. The van der Waals surface area contributed by atoms with E-state index in [0.29, 0.717) is 0 Å². The normalized spacial score (nSPS) is 18.3. The minimum Gasteiger partial charge on any atom is -0.241 e. The predicted molar refractivity (Wildman–Crippen MR) is 53.1 cm³/mol. The molecule has 0 saturated heterocycles. The first-order chi connectivity index (χ1) is 5.95. The van der Waals surface area contributed by atoms with Crippen LogP contribution in [0.5, 0.6) is 0 Å². The third kappa shape index (κ3) is 0.703. The molecule has 2 heterocycles. The molecule has 0 N–H and O–H groups in total. The number of aliphatic imine (C=N–C) groups is 1.